The van der Waals surface area contributed by atoms with Gasteiger partial charge in [0.1, 0.15) is 11.5 Å². The first-order chi connectivity index (χ1) is 7.16. The minimum Gasteiger partial charge on any atom is -0.508 e. The van der Waals surface area contributed by atoms with Crippen molar-refractivity contribution in [3.63, 3.8) is 0 Å². The fourth-order valence-electron chi connectivity index (χ4n) is 2.08. The van der Waals surface area contributed by atoms with Crippen LogP contribution < -0.4 is 4.74 Å². The predicted molar refractivity (Wildman–Crippen MR) is 59.3 cm³/mol. The van der Waals surface area contributed by atoms with Gasteiger partial charge in [-0.3, -0.25) is 0 Å². The molecule has 0 radical (unpaired) electrons. The van der Waals surface area contributed by atoms with Crippen LogP contribution >= 0.6 is 0 Å². The highest BCUT2D eigenvalue weighted by Crippen LogP contribution is 2.33. The maximum absolute atomic E-state index is 9.71. The second-order valence-electron chi connectivity index (χ2n) is 4.40. The highest BCUT2D eigenvalue weighted by atomic mass is 16.5. The average molecular weight is 207 g/mol. The van der Waals surface area contributed by atoms with Crippen molar-refractivity contribution in [2.75, 3.05) is 27.2 Å². The lowest BCUT2D eigenvalue weighted by molar-refractivity contribution is 0.186. The zero-order valence-corrected chi connectivity index (χ0v) is 9.23. The predicted octanol–water partition coefficient (Wildman–Crippen LogP) is 1.50. The SMILES string of the molecule is CN(C)CC1COc2cccc(O)c2C1. The maximum Gasteiger partial charge on any atom is 0.126 e. The Hall–Kier alpha value is -1.22. The number of hydrogen-bond donors (Lipinski definition) is 1. The topological polar surface area (TPSA) is 32.7 Å². The van der Waals surface area contributed by atoms with E-state index in [0.717, 1.165) is 30.9 Å². The molecule has 1 aliphatic heterocycles. The molecule has 3 heteroatoms. The van der Waals surface area contributed by atoms with E-state index >= 15 is 0 Å². The molecule has 15 heavy (non-hydrogen) atoms. The molecule has 1 unspecified atom stereocenters. The summed E-state index contributed by atoms with van der Waals surface area (Å²) in [5.41, 5.74) is 0.954. The van der Waals surface area contributed by atoms with E-state index in [-0.39, 0.29) is 0 Å². The number of fused-ring (bicyclic) bond motifs is 1. The Morgan fingerprint density at radius 1 is 1.47 bits per heavy atom. The summed E-state index contributed by atoms with van der Waals surface area (Å²) < 4.78 is 5.63. The molecule has 0 amide bonds. The van der Waals surface area contributed by atoms with E-state index in [1.807, 2.05) is 12.1 Å². The Morgan fingerprint density at radius 3 is 3.00 bits per heavy atom. The van der Waals surface area contributed by atoms with Crippen molar-refractivity contribution in [2.45, 2.75) is 6.42 Å². The second kappa shape index (κ2) is 4.11. The molecule has 0 fully saturated rings. The monoisotopic (exact) mass is 207 g/mol. The van der Waals surface area contributed by atoms with Crippen LogP contribution in [0.4, 0.5) is 0 Å². The molecule has 0 bridgehead atoms. The third-order valence-electron chi connectivity index (χ3n) is 2.70. The van der Waals surface area contributed by atoms with Gasteiger partial charge in [0.2, 0.25) is 0 Å². The van der Waals surface area contributed by atoms with Crippen LogP contribution in [-0.4, -0.2) is 37.3 Å². The van der Waals surface area contributed by atoms with Gasteiger partial charge in [-0.05, 0) is 32.6 Å². The molecule has 1 aliphatic rings. The molecule has 2 rings (SSSR count). The van der Waals surface area contributed by atoms with Crippen molar-refractivity contribution in [3.8, 4) is 11.5 Å². The lowest BCUT2D eigenvalue weighted by atomic mass is 9.96. The molecule has 0 spiro atoms. The molecule has 0 aliphatic carbocycles. The van der Waals surface area contributed by atoms with Gasteiger partial charge in [-0.1, -0.05) is 6.07 Å². The Kier molecular flexibility index (Phi) is 2.82. The summed E-state index contributed by atoms with van der Waals surface area (Å²) in [6.45, 7) is 1.74. The fraction of sp³-hybridized carbons (Fsp3) is 0.500. The number of ether oxygens (including phenoxy) is 1. The third-order valence-corrected chi connectivity index (χ3v) is 2.70. The van der Waals surface area contributed by atoms with Crippen LogP contribution in [0.1, 0.15) is 5.56 Å². The Morgan fingerprint density at radius 2 is 2.27 bits per heavy atom. The van der Waals surface area contributed by atoms with Crippen molar-refractivity contribution in [3.05, 3.63) is 23.8 Å². The summed E-state index contributed by atoms with van der Waals surface area (Å²) in [6.07, 6.45) is 0.903. The highest BCUT2D eigenvalue weighted by Gasteiger charge is 2.22. The molecule has 82 valence electrons. The number of benzene rings is 1. The minimum absolute atomic E-state index is 0.357. The van der Waals surface area contributed by atoms with E-state index in [0.29, 0.717) is 11.7 Å². The number of hydrogen-bond acceptors (Lipinski definition) is 3. The van der Waals surface area contributed by atoms with Gasteiger partial charge in [-0.2, -0.15) is 0 Å². The van der Waals surface area contributed by atoms with Gasteiger partial charge >= 0.3 is 0 Å². The van der Waals surface area contributed by atoms with Crippen molar-refractivity contribution < 1.29 is 9.84 Å². The van der Waals surface area contributed by atoms with Gasteiger partial charge in [0.05, 0.1) is 6.61 Å². The molecule has 3 nitrogen and oxygen atoms in total. The molecular weight excluding hydrogens is 190 g/mol. The largest absolute Gasteiger partial charge is 0.508 e. The number of nitrogens with zero attached hydrogens (tertiary/aromatic N) is 1. The van der Waals surface area contributed by atoms with Crippen LogP contribution in [0.25, 0.3) is 0 Å². The van der Waals surface area contributed by atoms with Crippen molar-refractivity contribution in [1.29, 1.82) is 0 Å². The number of phenolic OH excluding ortho intramolecular Hbond substituents is 1. The molecule has 0 saturated carbocycles. The quantitative estimate of drug-likeness (QED) is 0.797. The molecular formula is C12H17NO2. The molecule has 0 aromatic heterocycles. The van der Waals surface area contributed by atoms with Gasteiger partial charge in [0.25, 0.3) is 0 Å². The molecule has 1 atom stereocenters. The summed E-state index contributed by atoms with van der Waals surface area (Å²) in [6, 6.07) is 5.46. The van der Waals surface area contributed by atoms with E-state index in [2.05, 4.69) is 19.0 Å². The number of rotatable bonds is 2. The Balaban J connectivity index is 2.15. The summed E-state index contributed by atoms with van der Waals surface area (Å²) in [4.78, 5) is 2.15. The summed E-state index contributed by atoms with van der Waals surface area (Å²) in [5.74, 6) is 1.67. The first-order valence-corrected chi connectivity index (χ1v) is 5.25. The zero-order chi connectivity index (χ0) is 10.8. The number of phenols is 1. The molecule has 1 heterocycles. The van der Waals surface area contributed by atoms with Crippen LogP contribution in [0, 0.1) is 5.92 Å². The maximum atomic E-state index is 9.71. The number of aromatic hydroxyl groups is 1. The van der Waals surface area contributed by atoms with Crippen LogP contribution in [0.2, 0.25) is 0 Å². The summed E-state index contributed by atoms with van der Waals surface area (Å²) in [5, 5.41) is 9.71. The van der Waals surface area contributed by atoms with E-state index in [9.17, 15) is 5.11 Å². The van der Waals surface area contributed by atoms with Crippen LogP contribution in [0.15, 0.2) is 18.2 Å². The van der Waals surface area contributed by atoms with Gasteiger partial charge in [-0.25, -0.2) is 0 Å². The van der Waals surface area contributed by atoms with Gasteiger partial charge in [0, 0.05) is 18.0 Å². The first-order valence-electron chi connectivity index (χ1n) is 5.25. The van der Waals surface area contributed by atoms with E-state index < -0.39 is 0 Å². The van der Waals surface area contributed by atoms with Crippen LogP contribution in [-0.2, 0) is 6.42 Å². The van der Waals surface area contributed by atoms with Crippen LogP contribution in [0.5, 0.6) is 11.5 Å². The standard InChI is InChI=1S/C12H17NO2/c1-13(2)7-9-6-10-11(14)4-3-5-12(10)15-8-9/h3-5,9,14H,6-8H2,1-2H3. The second-order valence-corrected chi connectivity index (χ2v) is 4.40. The lowest BCUT2D eigenvalue weighted by Crippen LogP contribution is -2.30. The van der Waals surface area contributed by atoms with E-state index in [1.165, 1.54) is 0 Å². The normalized spacial score (nSPS) is 19.8. The first kappa shape index (κ1) is 10.3. The molecule has 1 aromatic carbocycles. The molecule has 1 N–H and O–H groups in total. The van der Waals surface area contributed by atoms with Crippen molar-refractivity contribution in [1.82, 2.24) is 4.90 Å². The van der Waals surface area contributed by atoms with Gasteiger partial charge in [-0.15, -0.1) is 0 Å². The Bertz CT molecular complexity index is 349. The molecule has 1 aromatic rings. The average Bonchev–Trinajstić information content (AvgIpc) is 2.18. The van der Waals surface area contributed by atoms with Crippen molar-refractivity contribution in [2.24, 2.45) is 5.92 Å². The van der Waals surface area contributed by atoms with E-state index in [4.69, 9.17) is 4.74 Å². The lowest BCUT2D eigenvalue weighted by Gasteiger charge is -2.27. The minimum atomic E-state index is 0.357. The third kappa shape index (κ3) is 2.23. The molecule has 0 saturated heterocycles. The Labute approximate surface area is 90.3 Å². The highest BCUT2D eigenvalue weighted by molar-refractivity contribution is 5.45. The summed E-state index contributed by atoms with van der Waals surface area (Å²) >= 11 is 0. The van der Waals surface area contributed by atoms with Gasteiger partial charge < -0.3 is 14.7 Å². The van der Waals surface area contributed by atoms with Crippen molar-refractivity contribution >= 4 is 0 Å². The zero-order valence-electron chi connectivity index (χ0n) is 9.23. The fourth-order valence-corrected chi connectivity index (χ4v) is 2.08. The van der Waals surface area contributed by atoms with E-state index in [1.54, 1.807) is 6.07 Å². The van der Waals surface area contributed by atoms with Gasteiger partial charge in [0.15, 0.2) is 0 Å². The smallest absolute Gasteiger partial charge is 0.126 e. The van der Waals surface area contributed by atoms with Crippen LogP contribution in [0.3, 0.4) is 0 Å². The summed E-state index contributed by atoms with van der Waals surface area (Å²) in [7, 11) is 4.11.